The van der Waals surface area contributed by atoms with Gasteiger partial charge in [0, 0.05) is 36.5 Å². The first-order chi connectivity index (χ1) is 9.60. The van der Waals surface area contributed by atoms with Crippen LogP contribution in [-0.4, -0.2) is 14.1 Å². The smallest absolute Gasteiger partial charge is 0.0992 e. The Bertz CT molecular complexity index is 627. The Labute approximate surface area is 128 Å². The maximum atomic E-state index is 8.84. The molecule has 0 aliphatic rings. The van der Waals surface area contributed by atoms with E-state index in [0.29, 0.717) is 5.56 Å². The largest absolute Gasteiger partial charge is 0.380 e. The summed E-state index contributed by atoms with van der Waals surface area (Å²) < 4.78 is 0.904. The van der Waals surface area contributed by atoms with Crippen LogP contribution in [0.3, 0.4) is 0 Å². The van der Waals surface area contributed by atoms with Gasteiger partial charge in [-0.15, -0.1) is 0 Å². The van der Waals surface area contributed by atoms with Gasteiger partial charge in [-0.1, -0.05) is 12.1 Å². The van der Waals surface area contributed by atoms with E-state index >= 15 is 0 Å². The third-order valence-corrected chi connectivity index (χ3v) is 3.69. The summed E-state index contributed by atoms with van der Waals surface area (Å²) in [5, 5.41) is 12.2. The van der Waals surface area contributed by atoms with E-state index in [4.69, 9.17) is 5.26 Å². The number of benzene rings is 2. The molecule has 0 heterocycles. The van der Waals surface area contributed by atoms with E-state index < -0.39 is 0 Å². The van der Waals surface area contributed by atoms with E-state index in [-0.39, 0.29) is 0 Å². The van der Waals surface area contributed by atoms with Crippen LogP contribution in [0.15, 0.2) is 46.9 Å². The van der Waals surface area contributed by atoms with Crippen molar-refractivity contribution in [2.24, 2.45) is 0 Å². The Morgan fingerprint density at radius 3 is 2.40 bits per heavy atom. The Balaban J connectivity index is 2.03. The van der Waals surface area contributed by atoms with Crippen LogP contribution in [0.2, 0.25) is 0 Å². The molecule has 4 heteroatoms. The minimum absolute atomic E-state index is 0.651. The molecule has 2 rings (SSSR count). The number of halogens is 1. The van der Waals surface area contributed by atoms with Gasteiger partial charge in [0.15, 0.2) is 0 Å². The lowest BCUT2D eigenvalue weighted by Crippen LogP contribution is -2.08. The Morgan fingerprint density at radius 2 is 1.85 bits per heavy atom. The van der Waals surface area contributed by atoms with Crippen LogP contribution in [0.25, 0.3) is 0 Å². The van der Waals surface area contributed by atoms with E-state index in [1.54, 1.807) is 0 Å². The van der Waals surface area contributed by atoms with E-state index in [1.807, 2.05) is 32.3 Å². The van der Waals surface area contributed by atoms with Gasteiger partial charge in [-0.25, -0.2) is 0 Å². The molecular formula is C16H16BrN3. The molecule has 0 aliphatic heterocycles. The first-order valence-corrected chi connectivity index (χ1v) is 7.09. The molecule has 0 aromatic heterocycles. The zero-order valence-corrected chi connectivity index (χ0v) is 13.1. The number of nitriles is 1. The monoisotopic (exact) mass is 329 g/mol. The van der Waals surface area contributed by atoms with Crippen molar-refractivity contribution in [2.75, 3.05) is 24.3 Å². The quantitative estimate of drug-likeness (QED) is 0.921. The third kappa shape index (κ3) is 3.52. The number of anilines is 2. The Kier molecular flexibility index (Phi) is 4.65. The molecule has 0 radical (unpaired) electrons. The van der Waals surface area contributed by atoms with Crippen molar-refractivity contribution in [3.8, 4) is 6.07 Å². The van der Waals surface area contributed by atoms with E-state index in [2.05, 4.69) is 56.5 Å². The molecule has 0 atom stereocenters. The molecule has 102 valence electrons. The van der Waals surface area contributed by atoms with Crippen molar-refractivity contribution in [1.29, 1.82) is 5.26 Å². The summed E-state index contributed by atoms with van der Waals surface area (Å²) in [6.07, 6.45) is 0. The fourth-order valence-electron chi connectivity index (χ4n) is 1.84. The summed E-state index contributed by atoms with van der Waals surface area (Å²) in [6.45, 7) is 0.748. The second kappa shape index (κ2) is 6.44. The second-order valence-corrected chi connectivity index (χ2v) is 5.58. The number of hydrogen-bond donors (Lipinski definition) is 1. The number of rotatable bonds is 4. The summed E-state index contributed by atoms with van der Waals surface area (Å²) in [5.74, 6) is 0. The van der Waals surface area contributed by atoms with Crippen molar-refractivity contribution in [3.63, 3.8) is 0 Å². The topological polar surface area (TPSA) is 39.1 Å². The van der Waals surface area contributed by atoms with Crippen LogP contribution < -0.4 is 10.2 Å². The minimum atomic E-state index is 0.651. The van der Waals surface area contributed by atoms with Crippen molar-refractivity contribution in [2.45, 2.75) is 6.54 Å². The fourth-order valence-corrected chi connectivity index (χ4v) is 2.36. The lowest BCUT2D eigenvalue weighted by Gasteiger charge is -2.13. The van der Waals surface area contributed by atoms with Gasteiger partial charge < -0.3 is 10.2 Å². The molecule has 0 spiro atoms. The van der Waals surface area contributed by atoms with Gasteiger partial charge >= 0.3 is 0 Å². The highest BCUT2D eigenvalue weighted by Crippen LogP contribution is 2.24. The van der Waals surface area contributed by atoms with E-state index in [1.165, 1.54) is 11.3 Å². The zero-order chi connectivity index (χ0) is 14.5. The van der Waals surface area contributed by atoms with Crippen LogP contribution in [-0.2, 0) is 6.54 Å². The lowest BCUT2D eigenvalue weighted by atomic mass is 10.2. The molecule has 0 fully saturated rings. The minimum Gasteiger partial charge on any atom is -0.380 e. The predicted molar refractivity (Wildman–Crippen MR) is 87.0 cm³/mol. The highest BCUT2D eigenvalue weighted by Gasteiger charge is 2.02. The van der Waals surface area contributed by atoms with Crippen LogP contribution in [0.1, 0.15) is 11.1 Å². The number of nitrogens with zero attached hydrogens (tertiary/aromatic N) is 2. The third-order valence-electron chi connectivity index (χ3n) is 3.03. The Morgan fingerprint density at radius 1 is 1.15 bits per heavy atom. The summed E-state index contributed by atoms with van der Waals surface area (Å²) in [7, 11) is 4.06. The average Bonchev–Trinajstić information content (AvgIpc) is 2.46. The molecule has 2 aromatic rings. The van der Waals surface area contributed by atoms with Gasteiger partial charge in [0.25, 0.3) is 0 Å². The normalized spacial score (nSPS) is 9.90. The molecule has 1 N–H and O–H groups in total. The molecule has 0 bridgehead atoms. The van der Waals surface area contributed by atoms with Gasteiger partial charge in [0.2, 0.25) is 0 Å². The lowest BCUT2D eigenvalue weighted by molar-refractivity contribution is 1.11. The Hall–Kier alpha value is -1.99. The molecule has 3 nitrogen and oxygen atoms in total. The number of hydrogen-bond acceptors (Lipinski definition) is 3. The van der Waals surface area contributed by atoms with Crippen LogP contribution in [0, 0.1) is 11.3 Å². The summed E-state index contributed by atoms with van der Waals surface area (Å²) in [6, 6.07) is 16.1. The SMILES string of the molecule is CN(C)c1ccc(CNc2ccc(C#N)cc2Br)cc1. The maximum Gasteiger partial charge on any atom is 0.0992 e. The fraction of sp³-hybridized carbons (Fsp3) is 0.188. The van der Waals surface area contributed by atoms with Crippen molar-refractivity contribution >= 4 is 27.3 Å². The standard InChI is InChI=1S/C16H16BrN3/c1-20(2)14-6-3-12(4-7-14)11-19-16-8-5-13(10-18)9-15(16)17/h3-9,19H,11H2,1-2H3. The van der Waals surface area contributed by atoms with Crippen molar-refractivity contribution < 1.29 is 0 Å². The van der Waals surface area contributed by atoms with Crippen molar-refractivity contribution in [1.82, 2.24) is 0 Å². The molecule has 0 amide bonds. The molecule has 2 aromatic carbocycles. The van der Waals surface area contributed by atoms with Crippen LogP contribution >= 0.6 is 15.9 Å². The molecule has 0 saturated heterocycles. The van der Waals surface area contributed by atoms with Gasteiger partial charge in [0.1, 0.15) is 0 Å². The second-order valence-electron chi connectivity index (χ2n) is 4.72. The number of nitrogens with one attached hydrogen (secondary N) is 1. The van der Waals surface area contributed by atoms with Crippen LogP contribution in [0.5, 0.6) is 0 Å². The van der Waals surface area contributed by atoms with E-state index in [9.17, 15) is 0 Å². The maximum absolute atomic E-state index is 8.84. The van der Waals surface area contributed by atoms with Gasteiger partial charge in [-0.2, -0.15) is 5.26 Å². The first-order valence-electron chi connectivity index (χ1n) is 6.30. The molecule has 0 unspecified atom stereocenters. The molecule has 0 aliphatic carbocycles. The van der Waals surface area contributed by atoms with Gasteiger partial charge in [0.05, 0.1) is 11.6 Å². The zero-order valence-electron chi connectivity index (χ0n) is 11.5. The molecule has 20 heavy (non-hydrogen) atoms. The van der Waals surface area contributed by atoms with Gasteiger partial charge in [-0.05, 0) is 51.8 Å². The summed E-state index contributed by atoms with van der Waals surface area (Å²) in [4.78, 5) is 2.08. The summed E-state index contributed by atoms with van der Waals surface area (Å²) >= 11 is 3.47. The molecular weight excluding hydrogens is 314 g/mol. The van der Waals surface area contributed by atoms with Crippen LogP contribution in [0.4, 0.5) is 11.4 Å². The molecule has 0 saturated carbocycles. The highest BCUT2D eigenvalue weighted by atomic mass is 79.9. The first kappa shape index (κ1) is 14.4. The average molecular weight is 330 g/mol. The van der Waals surface area contributed by atoms with Gasteiger partial charge in [-0.3, -0.25) is 0 Å². The summed E-state index contributed by atoms with van der Waals surface area (Å²) in [5.41, 5.74) is 4.04. The predicted octanol–water partition coefficient (Wildman–Crippen LogP) is 4.00. The highest BCUT2D eigenvalue weighted by molar-refractivity contribution is 9.10. The van der Waals surface area contributed by atoms with E-state index in [0.717, 1.165) is 16.7 Å². The van der Waals surface area contributed by atoms with Crippen molar-refractivity contribution in [3.05, 3.63) is 58.1 Å².